The van der Waals surface area contributed by atoms with Gasteiger partial charge in [-0.3, -0.25) is 0 Å². The van der Waals surface area contributed by atoms with Crippen LogP contribution in [-0.4, -0.2) is 19.3 Å². The molecule has 0 radical (unpaired) electrons. The van der Waals surface area contributed by atoms with Crippen molar-refractivity contribution in [3.63, 3.8) is 0 Å². The Hall–Kier alpha value is -1.36. The molecular formula is C24H33BrO3. The lowest BCUT2D eigenvalue weighted by Gasteiger charge is -2.13. The topological polar surface area (TPSA) is 38.7 Å². The number of hydrogen-bond donors (Lipinski definition) is 1. The minimum absolute atomic E-state index is 0.155. The monoisotopic (exact) mass is 448 g/mol. The Morgan fingerprint density at radius 1 is 0.821 bits per heavy atom. The molecule has 4 heteroatoms. The molecule has 2 aromatic rings. The standard InChI is InChI=1S/C11H13BrO.C11H14O2.C2H6/c2*1-7-6-9-8(11(7)13-2)4-3-5-10(9)12;1-2/h3-5,7,11H,6H2,1-2H3;3-5,7,11-12H,6H2,1-2H3;1-2H3. The van der Waals surface area contributed by atoms with Crippen molar-refractivity contribution in [3.8, 4) is 5.75 Å². The number of aromatic hydroxyl groups is 1. The predicted octanol–water partition coefficient (Wildman–Crippen LogP) is 6.63. The summed E-state index contributed by atoms with van der Waals surface area (Å²) in [7, 11) is 3.51. The molecule has 154 valence electrons. The second-order valence-corrected chi connectivity index (χ2v) is 8.18. The fourth-order valence-corrected chi connectivity index (χ4v) is 4.87. The molecular weight excluding hydrogens is 416 g/mol. The first-order chi connectivity index (χ1) is 13.5. The highest BCUT2D eigenvalue weighted by Crippen LogP contribution is 2.42. The highest BCUT2D eigenvalue weighted by atomic mass is 79.9. The molecule has 0 saturated carbocycles. The molecule has 0 amide bonds. The minimum atomic E-state index is 0.155. The van der Waals surface area contributed by atoms with Gasteiger partial charge >= 0.3 is 0 Å². The van der Waals surface area contributed by atoms with E-state index in [4.69, 9.17) is 9.47 Å². The van der Waals surface area contributed by atoms with E-state index in [1.807, 2.05) is 26.0 Å². The Morgan fingerprint density at radius 3 is 1.82 bits per heavy atom. The summed E-state index contributed by atoms with van der Waals surface area (Å²) in [4.78, 5) is 0. The molecule has 0 fully saturated rings. The van der Waals surface area contributed by atoms with Crippen LogP contribution in [0.5, 0.6) is 5.75 Å². The van der Waals surface area contributed by atoms with E-state index in [-0.39, 0.29) is 12.2 Å². The third-order valence-corrected chi connectivity index (χ3v) is 6.29. The van der Waals surface area contributed by atoms with Crippen LogP contribution in [0, 0.1) is 11.8 Å². The van der Waals surface area contributed by atoms with Gasteiger partial charge in [0.1, 0.15) is 5.75 Å². The van der Waals surface area contributed by atoms with Gasteiger partial charge < -0.3 is 14.6 Å². The normalized spacial score (nSPS) is 24.4. The van der Waals surface area contributed by atoms with E-state index in [2.05, 4.69) is 48.0 Å². The van der Waals surface area contributed by atoms with E-state index in [1.165, 1.54) is 15.6 Å². The van der Waals surface area contributed by atoms with E-state index < -0.39 is 0 Å². The maximum absolute atomic E-state index is 9.61. The summed E-state index contributed by atoms with van der Waals surface area (Å²) >= 11 is 3.58. The Labute approximate surface area is 178 Å². The van der Waals surface area contributed by atoms with Gasteiger partial charge in [0, 0.05) is 24.3 Å². The van der Waals surface area contributed by atoms with Gasteiger partial charge in [0.2, 0.25) is 0 Å². The summed E-state index contributed by atoms with van der Waals surface area (Å²) in [6.45, 7) is 8.38. The van der Waals surface area contributed by atoms with Crippen LogP contribution in [0.25, 0.3) is 0 Å². The van der Waals surface area contributed by atoms with E-state index >= 15 is 0 Å². The van der Waals surface area contributed by atoms with E-state index in [0.29, 0.717) is 17.6 Å². The molecule has 28 heavy (non-hydrogen) atoms. The average molecular weight is 449 g/mol. The summed E-state index contributed by atoms with van der Waals surface area (Å²) in [6, 6.07) is 12.0. The molecule has 2 aromatic carbocycles. The van der Waals surface area contributed by atoms with Crippen molar-refractivity contribution in [2.75, 3.05) is 14.2 Å². The fraction of sp³-hybridized carbons (Fsp3) is 0.500. The lowest BCUT2D eigenvalue weighted by atomic mass is 10.1. The molecule has 0 aromatic heterocycles. The van der Waals surface area contributed by atoms with E-state index in [9.17, 15) is 5.11 Å². The van der Waals surface area contributed by atoms with Gasteiger partial charge in [-0.1, -0.05) is 67.9 Å². The van der Waals surface area contributed by atoms with Gasteiger partial charge in [-0.25, -0.2) is 0 Å². The van der Waals surface area contributed by atoms with Crippen molar-refractivity contribution in [1.29, 1.82) is 0 Å². The molecule has 2 aliphatic carbocycles. The number of phenols is 1. The van der Waals surface area contributed by atoms with Gasteiger partial charge in [0.15, 0.2) is 0 Å². The smallest absolute Gasteiger partial charge is 0.119 e. The van der Waals surface area contributed by atoms with Gasteiger partial charge in [-0.15, -0.1) is 0 Å². The van der Waals surface area contributed by atoms with Crippen LogP contribution in [0.15, 0.2) is 40.9 Å². The highest BCUT2D eigenvalue weighted by molar-refractivity contribution is 9.10. The number of hydrogen-bond acceptors (Lipinski definition) is 3. The van der Waals surface area contributed by atoms with Crippen molar-refractivity contribution in [2.24, 2.45) is 11.8 Å². The fourth-order valence-electron chi connectivity index (χ4n) is 4.33. The van der Waals surface area contributed by atoms with Crippen LogP contribution in [0.1, 0.15) is 62.2 Å². The quantitative estimate of drug-likeness (QED) is 0.560. The second-order valence-electron chi connectivity index (χ2n) is 7.33. The zero-order valence-corrected chi connectivity index (χ0v) is 19.4. The summed E-state index contributed by atoms with van der Waals surface area (Å²) in [5, 5.41) is 9.61. The number of ether oxygens (including phenoxy) is 2. The van der Waals surface area contributed by atoms with Crippen molar-refractivity contribution in [2.45, 2.75) is 52.7 Å². The average Bonchev–Trinajstić information content (AvgIpc) is 3.21. The zero-order valence-electron chi connectivity index (χ0n) is 17.8. The molecule has 0 spiro atoms. The molecule has 2 aliphatic rings. The lowest BCUT2D eigenvalue weighted by Crippen LogP contribution is -2.04. The molecule has 4 atom stereocenters. The molecule has 0 saturated heterocycles. The van der Waals surface area contributed by atoms with E-state index in [0.717, 1.165) is 24.0 Å². The van der Waals surface area contributed by atoms with Crippen LogP contribution < -0.4 is 0 Å². The summed E-state index contributed by atoms with van der Waals surface area (Å²) in [6.07, 6.45) is 2.48. The second kappa shape index (κ2) is 10.4. The third-order valence-electron chi connectivity index (χ3n) is 5.55. The Balaban J connectivity index is 0.000000184. The van der Waals surface area contributed by atoms with Crippen molar-refractivity contribution >= 4 is 15.9 Å². The number of halogens is 1. The van der Waals surface area contributed by atoms with Crippen LogP contribution in [-0.2, 0) is 22.3 Å². The third kappa shape index (κ3) is 4.61. The number of methoxy groups -OCH3 is 2. The molecule has 1 N–H and O–H groups in total. The van der Waals surface area contributed by atoms with Crippen molar-refractivity contribution in [1.82, 2.24) is 0 Å². The minimum Gasteiger partial charge on any atom is -0.508 e. The summed E-state index contributed by atoms with van der Waals surface area (Å²) in [5.74, 6) is 1.47. The first-order valence-electron chi connectivity index (χ1n) is 10.1. The maximum Gasteiger partial charge on any atom is 0.119 e. The SMILES string of the molecule is CC.COC1c2cccc(Br)c2CC1C.COC1c2cccc(O)c2CC1C. The summed E-state index contributed by atoms with van der Waals surface area (Å²) < 4.78 is 12.1. The number of fused-ring (bicyclic) bond motifs is 2. The zero-order chi connectivity index (χ0) is 20.8. The van der Waals surface area contributed by atoms with Gasteiger partial charge in [0.25, 0.3) is 0 Å². The van der Waals surface area contributed by atoms with E-state index in [1.54, 1.807) is 20.3 Å². The van der Waals surface area contributed by atoms with Crippen LogP contribution in [0.4, 0.5) is 0 Å². The molecule has 4 rings (SSSR count). The van der Waals surface area contributed by atoms with Crippen LogP contribution in [0.2, 0.25) is 0 Å². The number of phenolic OH excluding ortho intramolecular Hbond substituents is 1. The number of rotatable bonds is 2. The predicted molar refractivity (Wildman–Crippen MR) is 119 cm³/mol. The maximum atomic E-state index is 9.61. The molecule has 3 nitrogen and oxygen atoms in total. The molecule has 0 heterocycles. The van der Waals surface area contributed by atoms with Crippen LogP contribution >= 0.6 is 15.9 Å². The Kier molecular flexibility index (Phi) is 8.54. The first-order valence-corrected chi connectivity index (χ1v) is 10.9. The van der Waals surface area contributed by atoms with Gasteiger partial charge in [-0.2, -0.15) is 0 Å². The van der Waals surface area contributed by atoms with Crippen LogP contribution in [0.3, 0.4) is 0 Å². The van der Waals surface area contributed by atoms with Crippen molar-refractivity contribution < 1.29 is 14.6 Å². The highest BCUT2D eigenvalue weighted by Gasteiger charge is 2.31. The Bertz CT molecular complexity index is 709. The number of benzene rings is 2. The van der Waals surface area contributed by atoms with Gasteiger partial charge in [-0.05, 0) is 53.5 Å². The summed E-state index contributed by atoms with van der Waals surface area (Å²) in [5.41, 5.74) is 4.98. The van der Waals surface area contributed by atoms with Gasteiger partial charge in [0.05, 0.1) is 12.2 Å². The first kappa shape index (κ1) is 22.9. The largest absolute Gasteiger partial charge is 0.508 e. The molecule has 0 bridgehead atoms. The molecule has 0 aliphatic heterocycles. The lowest BCUT2D eigenvalue weighted by molar-refractivity contribution is 0.0695. The Morgan fingerprint density at radius 2 is 1.29 bits per heavy atom. The van der Waals surface area contributed by atoms with Crippen molar-refractivity contribution in [3.05, 3.63) is 63.1 Å². The molecule has 4 unspecified atom stereocenters.